The highest BCUT2D eigenvalue weighted by molar-refractivity contribution is 7.89. The van der Waals surface area contributed by atoms with Crippen molar-refractivity contribution < 1.29 is 13.3 Å². The van der Waals surface area contributed by atoms with Crippen LogP contribution in [0.1, 0.15) is 26.2 Å². The maximum absolute atomic E-state index is 12.2. The number of nitrogens with zero attached hydrogens (tertiary/aromatic N) is 2. The van der Waals surface area contributed by atoms with E-state index in [1.54, 1.807) is 7.05 Å². The summed E-state index contributed by atoms with van der Waals surface area (Å²) in [5.74, 6) is 0.602. The number of benzene rings is 1. The van der Waals surface area contributed by atoms with E-state index in [-0.39, 0.29) is 17.1 Å². The van der Waals surface area contributed by atoms with Crippen molar-refractivity contribution in [2.45, 2.75) is 31.1 Å². The van der Waals surface area contributed by atoms with Crippen LogP contribution in [0.2, 0.25) is 0 Å². The van der Waals surface area contributed by atoms with Gasteiger partial charge < -0.3 is 10.6 Å². The number of sulfonamides is 1. The van der Waals surface area contributed by atoms with Crippen LogP contribution in [-0.2, 0) is 10.0 Å². The number of hydrogen-bond acceptors (Lipinski definition) is 5. The molecule has 0 fully saturated rings. The van der Waals surface area contributed by atoms with Gasteiger partial charge in [-0.1, -0.05) is 25.8 Å². The molecule has 3 N–H and O–H groups in total. The molecular formula is C15H25N5O4S. The Labute approximate surface area is 148 Å². The lowest BCUT2D eigenvalue weighted by Gasteiger charge is -2.12. The predicted molar refractivity (Wildman–Crippen MR) is 97.2 cm³/mol. The summed E-state index contributed by atoms with van der Waals surface area (Å²) in [6.07, 6.45) is 3.30. The summed E-state index contributed by atoms with van der Waals surface area (Å²) in [4.78, 5) is 14.0. The van der Waals surface area contributed by atoms with Crippen LogP contribution in [0.25, 0.3) is 0 Å². The van der Waals surface area contributed by atoms with Gasteiger partial charge in [0.25, 0.3) is 5.69 Å². The summed E-state index contributed by atoms with van der Waals surface area (Å²) in [5.41, 5.74) is -0.266. The number of hydrogen-bond donors (Lipinski definition) is 3. The van der Waals surface area contributed by atoms with Gasteiger partial charge in [0, 0.05) is 38.8 Å². The first kappa shape index (κ1) is 20.8. The second-order valence-corrected chi connectivity index (χ2v) is 7.05. The van der Waals surface area contributed by atoms with E-state index in [9.17, 15) is 18.5 Å². The van der Waals surface area contributed by atoms with E-state index in [0.29, 0.717) is 12.5 Å². The molecule has 140 valence electrons. The van der Waals surface area contributed by atoms with Crippen molar-refractivity contribution in [3.8, 4) is 0 Å². The fourth-order valence-corrected chi connectivity index (χ4v) is 3.09. The molecule has 0 aromatic heterocycles. The molecule has 1 rings (SSSR count). The first-order chi connectivity index (χ1) is 11.9. The third-order valence-electron chi connectivity index (χ3n) is 3.34. The van der Waals surface area contributed by atoms with E-state index in [1.807, 2.05) is 0 Å². The van der Waals surface area contributed by atoms with Gasteiger partial charge >= 0.3 is 0 Å². The lowest BCUT2D eigenvalue weighted by Crippen LogP contribution is -2.41. The van der Waals surface area contributed by atoms with Crippen LogP contribution >= 0.6 is 0 Å². The van der Waals surface area contributed by atoms with Gasteiger partial charge in [-0.05, 0) is 12.5 Å². The number of nitrogens with one attached hydrogen (secondary N) is 3. The average Bonchev–Trinajstić information content (AvgIpc) is 2.60. The maximum atomic E-state index is 12.2. The Morgan fingerprint density at radius 1 is 1.20 bits per heavy atom. The highest BCUT2D eigenvalue weighted by Gasteiger charge is 2.16. The zero-order valence-corrected chi connectivity index (χ0v) is 15.3. The molecule has 0 aliphatic carbocycles. The van der Waals surface area contributed by atoms with Crippen molar-refractivity contribution in [3.05, 3.63) is 34.4 Å². The van der Waals surface area contributed by atoms with E-state index in [4.69, 9.17) is 0 Å². The number of non-ortho nitro benzene ring substituents is 1. The quantitative estimate of drug-likeness (QED) is 0.187. The van der Waals surface area contributed by atoms with Crippen LogP contribution in [0.4, 0.5) is 5.69 Å². The Morgan fingerprint density at radius 2 is 1.92 bits per heavy atom. The first-order valence-corrected chi connectivity index (χ1v) is 9.57. The number of rotatable bonds is 10. The fraction of sp³-hybridized carbons (Fsp3) is 0.533. The zero-order chi connectivity index (χ0) is 18.7. The van der Waals surface area contributed by atoms with Crippen LogP contribution in [0, 0.1) is 10.1 Å². The fourth-order valence-electron chi connectivity index (χ4n) is 2.02. The van der Waals surface area contributed by atoms with Gasteiger partial charge in [0.05, 0.1) is 9.82 Å². The Hall–Kier alpha value is -2.20. The second kappa shape index (κ2) is 10.6. The molecule has 0 bridgehead atoms. The molecule has 25 heavy (non-hydrogen) atoms. The SMILES string of the molecule is CCCCCNC(=NC)NCCNS(=O)(=O)c1cccc([N+](=O)[O-])c1. The normalized spacial score (nSPS) is 12.0. The standard InChI is InChI=1S/C15H25N5O4S/c1-3-4-5-9-17-15(16-2)18-10-11-19-25(23,24)14-8-6-7-13(12-14)20(21)22/h6-8,12,19H,3-5,9-11H2,1-2H3,(H2,16,17,18). The molecular weight excluding hydrogens is 346 g/mol. The van der Waals surface area contributed by atoms with E-state index in [0.717, 1.165) is 31.9 Å². The smallest absolute Gasteiger partial charge is 0.270 e. The minimum Gasteiger partial charge on any atom is -0.356 e. The van der Waals surface area contributed by atoms with Crippen molar-refractivity contribution in [1.29, 1.82) is 0 Å². The summed E-state index contributed by atoms with van der Waals surface area (Å²) in [6, 6.07) is 4.93. The van der Waals surface area contributed by atoms with Gasteiger partial charge in [-0.2, -0.15) is 0 Å². The lowest BCUT2D eigenvalue weighted by molar-refractivity contribution is -0.385. The predicted octanol–water partition coefficient (Wildman–Crippen LogP) is 1.23. The molecule has 0 saturated carbocycles. The first-order valence-electron chi connectivity index (χ1n) is 8.09. The molecule has 0 aliphatic rings. The number of nitro benzene ring substituents is 1. The molecule has 0 atom stereocenters. The summed E-state index contributed by atoms with van der Waals surface area (Å²) in [5, 5.41) is 16.9. The van der Waals surface area contributed by atoms with E-state index < -0.39 is 14.9 Å². The molecule has 0 radical (unpaired) electrons. The second-order valence-electron chi connectivity index (χ2n) is 5.29. The average molecular weight is 371 g/mol. The van der Waals surface area contributed by atoms with Gasteiger partial charge in [0.1, 0.15) is 0 Å². The van der Waals surface area contributed by atoms with Gasteiger partial charge in [0.15, 0.2) is 5.96 Å². The van der Waals surface area contributed by atoms with Crippen LogP contribution < -0.4 is 15.4 Å². The van der Waals surface area contributed by atoms with Crippen molar-refractivity contribution >= 4 is 21.7 Å². The molecule has 0 aliphatic heterocycles. The van der Waals surface area contributed by atoms with Gasteiger partial charge in [-0.25, -0.2) is 13.1 Å². The van der Waals surface area contributed by atoms with Gasteiger partial charge in [-0.3, -0.25) is 15.1 Å². The van der Waals surface area contributed by atoms with Crippen molar-refractivity contribution in [3.63, 3.8) is 0 Å². The minimum atomic E-state index is -3.80. The number of aliphatic imine (C=N–C) groups is 1. The van der Waals surface area contributed by atoms with E-state index >= 15 is 0 Å². The Kier molecular flexibility index (Phi) is 8.86. The number of nitro groups is 1. The lowest BCUT2D eigenvalue weighted by atomic mass is 10.2. The Balaban J connectivity index is 2.46. The molecule has 1 aromatic carbocycles. The number of guanidine groups is 1. The maximum Gasteiger partial charge on any atom is 0.270 e. The molecule has 10 heteroatoms. The monoisotopic (exact) mass is 371 g/mol. The van der Waals surface area contributed by atoms with Crippen LogP contribution in [0.5, 0.6) is 0 Å². The summed E-state index contributed by atoms with van der Waals surface area (Å²) in [7, 11) is -2.16. The topological polar surface area (TPSA) is 126 Å². The Bertz CT molecular complexity index is 691. The van der Waals surface area contributed by atoms with E-state index in [2.05, 4.69) is 27.3 Å². The zero-order valence-electron chi connectivity index (χ0n) is 14.5. The van der Waals surface area contributed by atoms with Crippen molar-refractivity contribution in [2.24, 2.45) is 4.99 Å². The molecule has 0 unspecified atom stereocenters. The number of unbranched alkanes of at least 4 members (excludes halogenated alkanes) is 2. The van der Waals surface area contributed by atoms with Crippen molar-refractivity contribution in [2.75, 3.05) is 26.7 Å². The molecule has 0 saturated heterocycles. The van der Waals surface area contributed by atoms with Gasteiger partial charge in [-0.15, -0.1) is 0 Å². The highest BCUT2D eigenvalue weighted by Crippen LogP contribution is 2.16. The summed E-state index contributed by atoms with van der Waals surface area (Å²) in [6.45, 7) is 3.38. The molecule has 0 heterocycles. The van der Waals surface area contributed by atoms with Crippen LogP contribution in [0.3, 0.4) is 0 Å². The largest absolute Gasteiger partial charge is 0.356 e. The van der Waals surface area contributed by atoms with Crippen molar-refractivity contribution in [1.82, 2.24) is 15.4 Å². The van der Waals surface area contributed by atoms with Crippen LogP contribution in [0.15, 0.2) is 34.2 Å². The molecule has 1 aromatic rings. The summed E-state index contributed by atoms with van der Waals surface area (Å²) < 4.78 is 26.7. The molecule has 9 nitrogen and oxygen atoms in total. The molecule has 0 spiro atoms. The Morgan fingerprint density at radius 3 is 2.56 bits per heavy atom. The third-order valence-corrected chi connectivity index (χ3v) is 4.80. The highest BCUT2D eigenvalue weighted by atomic mass is 32.2. The van der Waals surface area contributed by atoms with Crippen LogP contribution in [-0.4, -0.2) is 46.0 Å². The molecule has 0 amide bonds. The third kappa shape index (κ3) is 7.48. The van der Waals surface area contributed by atoms with Gasteiger partial charge in [0.2, 0.25) is 10.0 Å². The summed E-state index contributed by atoms with van der Waals surface area (Å²) >= 11 is 0. The minimum absolute atomic E-state index is 0.126. The van der Waals surface area contributed by atoms with E-state index in [1.165, 1.54) is 18.2 Å².